The van der Waals surface area contributed by atoms with Crippen molar-refractivity contribution in [3.05, 3.63) is 58.7 Å². The molecule has 0 aliphatic heterocycles. The molecule has 0 aliphatic carbocycles. The van der Waals surface area contributed by atoms with E-state index in [1.54, 1.807) is 0 Å². The van der Waals surface area contributed by atoms with Crippen LogP contribution in [-0.2, 0) is 5.41 Å². The number of aryl methyl sites for hydroxylation is 2. The molecule has 0 fully saturated rings. The molecule has 1 amide bonds. The van der Waals surface area contributed by atoms with Crippen LogP contribution in [0.15, 0.2) is 36.4 Å². The van der Waals surface area contributed by atoms with Crippen molar-refractivity contribution in [3.8, 4) is 0 Å². The first kappa shape index (κ1) is 16.7. The molecule has 4 heteroatoms. The lowest BCUT2D eigenvalue weighted by Gasteiger charge is -2.18. The number of amides is 1. The number of hydrogen-bond acceptors (Lipinski definition) is 3. The van der Waals surface area contributed by atoms with E-state index in [2.05, 4.69) is 50.1 Å². The summed E-state index contributed by atoms with van der Waals surface area (Å²) in [5.41, 5.74) is 5.25. The number of rotatable bonds is 2. The third-order valence-electron chi connectivity index (χ3n) is 4.06. The van der Waals surface area contributed by atoms with Crippen LogP contribution in [0.1, 0.15) is 47.8 Å². The SMILES string of the molecule is Cc1cc(C)c2nc(NC(=O)c3ccc(C(C)(C)C)cc3)sc2c1. The van der Waals surface area contributed by atoms with Crippen LogP contribution in [0.25, 0.3) is 10.2 Å². The van der Waals surface area contributed by atoms with Gasteiger partial charge in [-0.3, -0.25) is 10.1 Å². The summed E-state index contributed by atoms with van der Waals surface area (Å²) in [6.45, 7) is 10.6. The van der Waals surface area contributed by atoms with Crippen molar-refractivity contribution in [3.63, 3.8) is 0 Å². The van der Waals surface area contributed by atoms with Gasteiger partial charge in [-0.15, -0.1) is 0 Å². The number of carbonyl (C=O) groups excluding carboxylic acids is 1. The molecule has 0 bridgehead atoms. The molecule has 1 aromatic heterocycles. The summed E-state index contributed by atoms with van der Waals surface area (Å²) in [7, 11) is 0. The maximum absolute atomic E-state index is 12.5. The Morgan fingerprint density at radius 1 is 1.08 bits per heavy atom. The Morgan fingerprint density at radius 2 is 1.75 bits per heavy atom. The zero-order valence-corrected chi connectivity index (χ0v) is 15.5. The van der Waals surface area contributed by atoms with Gasteiger partial charge in [0.1, 0.15) is 0 Å². The topological polar surface area (TPSA) is 42.0 Å². The number of thiazole rings is 1. The maximum Gasteiger partial charge on any atom is 0.257 e. The number of aromatic nitrogens is 1. The average Bonchev–Trinajstić information content (AvgIpc) is 2.89. The maximum atomic E-state index is 12.5. The molecule has 0 spiro atoms. The van der Waals surface area contributed by atoms with E-state index in [-0.39, 0.29) is 11.3 Å². The predicted octanol–water partition coefficient (Wildman–Crippen LogP) is 5.46. The van der Waals surface area contributed by atoms with Crippen LogP contribution in [0.2, 0.25) is 0 Å². The molecule has 0 saturated carbocycles. The quantitative estimate of drug-likeness (QED) is 0.674. The smallest absolute Gasteiger partial charge is 0.257 e. The zero-order valence-electron chi connectivity index (χ0n) is 14.7. The Morgan fingerprint density at radius 3 is 2.38 bits per heavy atom. The number of benzene rings is 2. The Kier molecular flexibility index (Phi) is 4.18. The van der Waals surface area contributed by atoms with Crippen molar-refractivity contribution in [2.75, 3.05) is 5.32 Å². The average molecular weight is 338 g/mol. The minimum absolute atomic E-state index is 0.0808. The second-order valence-electron chi connectivity index (χ2n) is 7.23. The third kappa shape index (κ3) is 3.34. The second-order valence-corrected chi connectivity index (χ2v) is 8.26. The van der Waals surface area contributed by atoms with E-state index < -0.39 is 0 Å². The van der Waals surface area contributed by atoms with Gasteiger partial charge < -0.3 is 0 Å². The molecule has 3 rings (SSSR count). The molecule has 2 aromatic carbocycles. The number of nitrogens with one attached hydrogen (secondary N) is 1. The Bertz CT molecular complexity index is 902. The van der Waals surface area contributed by atoms with Gasteiger partial charge in [-0.25, -0.2) is 4.98 Å². The van der Waals surface area contributed by atoms with Crippen LogP contribution >= 0.6 is 11.3 Å². The molecule has 0 atom stereocenters. The highest BCUT2D eigenvalue weighted by Crippen LogP contribution is 2.29. The summed E-state index contributed by atoms with van der Waals surface area (Å²) in [6.07, 6.45) is 0. The first-order valence-electron chi connectivity index (χ1n) is 8.04. The van der Waals surface area contributed by atoms with E-state index in [9.17, 15) is 4.79 Å². The van der Waals surface area contributed by atoms with Gasteiger partial charge in [0, 0.05) is 5.56 Å². The minimum atomic E-state index is -0.121. The third-order valence-corrected chi connectivity index (χ3v) is 4.98. The van der Waals surface area contributed by atoms with Crippen molar-refractivity contribution in [2.45, 2.75) is 40.0 Å². The summed E-state index contributed by atoms with van der Waals surface area (Å²) in [5.74, 6) is -0.121. The fraction of sp³-hybridized carbons (Fsp3) is 0.300. The summed E-state index contributed by atoms with van der Waals surface area (Å²) >= 11 is 1.51. The highest BCUT2D eigenvalue weighted by Gasteiger charge is 2.15. The van der Waals surface area contributed by atoms with Crippen molar-refractivity contribution in [2.24, 2.45) is 0 Å². The fourth-order valence-corrected chi connectivity index (χ4v) is 3.75. The highest BCUT2D eigenvalue weighted by atomic mass is 32.1. The van der Waals surface area contributed by atoms with Gasteiger partial charge in [0.25, 0.3) is 5.91 Å². The number of hydrogen-bond donors (Lipinski definition) is 1. The first-order chi connectivity index (χ1) is 11.2. The van der Waals surface area contributed by atoms with Crippen LogP contribution < -0.4 is 5.32 Å². The normalized spacial score (nSPS) is 11.7. The second kappa shape index (κ2) is 6.02. The largest absolute Gasteiger partial charge is 0.298 e. The van der Waals surface area contributed by atoms with Gasteiger partial charge in [0.2, 0.25) is 0 Å². The first-order valence-corrected chi connectivity index (χ1v) is 8.85. The monoisotopic (exact) mass is 338 g/mol. The van der Waals surface area contributed by atoms with Crippen LogP contribution in [0.5, 0.6) is 0 Å². The van der Waals surface area contributed by atoms with Crippen LogP contribution in [0, 0.1) is 13.8 Å². The van der Waals surface area contributed by atoms with Gasteiger partial charge >= 0.3 is 0 Å². The number of fused-ring (bicyclic) bond motifs is 1. The number of carbonyl (C=O) groups is 1. The van der Waals surface area contributed by atoms with Crippen LogP contribution in [0.4, 0.5) is 5.13 Å². The molecule has 0 radical (unpaired) electrons. The molecule has 0 aliphatic rings. The lowest BCUT2D eigenvalue weighted by molar-refractivity contribution is 0.102. The van der Waals surface area contributed by atoms with Crippen LogP contribution in [0.3, 0.4) is 0 Å². The van der Waals surface area contributed by atoms with Gasteiger partial charge in [-0.2, -0.15) is 0 Å². The molecule has 1 N–H and O–H groups in total. The Hall–Kier alpha value is -2.20. The summed E-state index contributed by atoms with van der Waals surface area (Å²) < 4.78 is 1.10. The minimum Gasteiger partial charge on any atom is -0.298 e. The number of anilines is 1. The van der Waals surface area contributed by atoms with Crippen molar-refractivity contribution >= 4 is 32.6 Å². The van der Waals surface area contributed by atoms with Crippen molar-refractivity contribution < 1.29 is 4.79 Å². The lowest BCUT2D eigenvalue weighted by atomic mass is 9.87. The molecule has 24 heavy (non-hydrogen) atoms. The summed E-state index contributed by atoms with van der Waals surface area (Å²) in [4.78, 5) is 17.0. The van der Waals surface area contributed by atoms with Crippen molar-refractivity contribution in [1.29, 1.82) is 0 Å². The van der Waals surface area contributed by atoms with Crippen LogP contribution in [-0.4, -0.2) is 10.9 Å². The van der Waals surface area contributed by atoms with E-state index in [4.69, 9.17) is 0 Å². The molecule has 0 unspecified atom stereocenters. The Balaban J connectivity index is 1.83. The van der Waals surface area contributed by atoms with Crippen molar-refractivity contribution in [1.82, 2.24) is 4.98 Å². The summed E-state index contributed by atoms with van der Waals surface area (Å²) in [6, 6.07) is 12.0. The standard InChI is InChI=1S/C20H22N2OS/c1-12-10-13(2)17-16(11-12)24-19(21-17)22-18(23)14-6-8-15(9-7-14)20(3,4)5/h6-11H,1-5H3,(H,21,22,23). The van der Waals surface area contributed by atoms with E-state index in [0.29, 0.717) is 10.7 Å². The van der Waals surface area contributed by atoms with Gasteiger partial charge in [0.15, 0.2) is 5.13 Å². The molecular weight excluding hydrogens is 316 g/mol. The Labute approximate surface area is 146 Å². The fourth-order valence-electron chi connectivity index (χ4n) is 2.71. The van der Waals surface area contributed by atoms with E-state index in [1.807, 2.05) is 31.2 Å². The van der Waals surface area contributed by atoms with Gasteiger partial charge in [-0.1, -0.05) is 50.3 Å². The van der Waals surface area contributed by atoms with Gasteiger partial charge in [0.05, 0.1) is 10.2 Å². The number of nitrogens with zero attached hydrogens (tertiary/aromatic N) is 1. The van der Waals surface area contributed by atoms with E-state index >= 15 is 0 Å². The molecular formula is C20H22N2OS. The molecule has 3 nitrogen and oxygen atoms in total. The molecule has 0 saturated heterocycles. The highest BCUT2D eigenvalue weighted by molar-refractivity contribution is 7.22. The van der Waals surface area contributed by atoms with Gasteiger partial charge in [-0.05, 0) is 54.2 Å². The van der Waals surface area contributed by atoms with E-state index in [1.165, 1.54) is 22.5 Å². The summed E-state index contributed by atoms with van der Waals surface area (Å²) in [5, 5.41) is 3.56. The predicted molar refractivity (Wildman–Crippen MR) is 102 cm³/mol. The van der Waals surface area contributed by atoms with E-state index in [0.717, 1.165) is 15.8 Å². The molecule has 124 valence electrons. The molecule has 3 aromatic rings. The zero-order chi connectivity index (χ0) is 17.5. The lowest BCUT2D eigenvalue weighted by Crippen LogP contribution is -2.14. The molecule has 1 heterocycles.